The Balaban J connectivity index is 2.32. The minimum atomic E-state index is 0.809. The Labute approximate surface area is 107 Å². The van der Waals surface area contributed by atoms with Gasteiger partial charge in [0, 0.05) is 12.8 Å². The Hall–Kier alpha value is -0.720. The molecule has 98 valence electrons. The fourth-order valence-corrected chi connectivity index (χ4v) is 1.88. The Morgan fingerprint density at radius 1 is 0.882 bits per heavy atom. The summed E-state index contributed by atoms with van der Waals surface area (Å²) in [5.74, 6) is 3.96. The van der Waals surface area contributed by atoms with Gasteiger partial charge in [-0.25, -0.2) is 0 Å². The topological polar surface area (TPSA) is 13.1 Å². The summed E-state index contributed by atoms with van der Waals surface area (Å²) in [6.45, 7) is 9.13. The van der Waals surface area contributed by atoms with E-state index in [2.05, 4.69) is 39.8 Å². The van der Waals surface area contributed by atoms with Crippen molar-refractivity contribution in [2.45, 2.75) is 66.2 Å². The minimum absolute atomic E-state index is 0.809. The summed E-state index contributed by atoms with van der Waals surface area (Å²) < 4.78 is 5.87. The molecule has 2 unspecified atom stereocenters. The van der Waals surface area contributed by atoms with Crippen molar-refractivity contribution < 1.29 is 4.42 Å². The van der Waals surface area contributed by atoms with Crippen LogP contribution >= 0.6 is 0 Å². The second-order valence-electron chi connectivity index (χ2n) is 5.47. The van der Waals surface area contributed by atoms with Crippen LogP contribution in [-0.4, -0.2) is 0 Å². The summed E-state index contributed by atoms with van der Waals surface area (Å²) >= 11 is 0. The SMILES string of the molecule is CCC(C)CCc1ccc(CCC(C)CC)o1. The van der Waals surface area contributed by atoms with E-state index in [1.807, 2.05) is 0 Å². The fraction of sp³-hybridized carbons (Fsp3) is 0.750. The van der Waals surface area contributed by atoms with Crippen LogP contribution in [0.5, 0.6) is 0 Å². The van der Waals surface area contributed by atoms with Crippen molar-refractivity contribution in [1.29, 1.82) is 0 Å². The van der Waals surface area contributed by atoms with E-state index in [0.29, 0.717) is 0 Å². The number of aryl methyl sites for hydroxylation is 2. The first kappa shape index (κ1) is 14.3. The van der Waals surface area contributed by atoms with Crippen LogP contribution in [0.1, 0.15) is 64.9 Å². The monoisotopic (exact) mass is 236 g/mol. The van der Waals surface area contributed by atoms with Crippen molar-refractivity contribution in [3.8, 4) is 0 Å². The molecular formula is C16H28O. The lowest BCUT2D eigenvalue weighted by atomic mass is 10.0. The smallest absolute Gasteiger partial charge is 0.104 e. The lowest BCUT2D eigenvalue weighted by Gasteiger charge is -2.06. The average Bonchev–Trinajstić information content (AvgIpc) is 2.80. The quantitative estimate of drug-likeness (QED) is 0.602. The van der Waals surface area contributed by atoms with Gasteiger partial charge < -0.3 is 4.42 Å². The zero-order valence-corrected chi connectivity index (χ0v) is 12.0. The van der Waals surface area contributed by atoms with Crippen molar-refractivity contribution >= 4 is 0 Å². The molecule has 1 heterocycles. The van der Waals surface area contributed by atoms with Crippen LogP contribution in [0.25, 0.3) is 0 Å². The number of furan rings is 1. The highest BCUT2D eigenvalue weighted by molar-refractivity contribution is 5.07. The van der Waals surface area contributed by atoms with Gasteiger partial charge in [0.2, 0.25) is 0 Å². The van der Waals surface area contributed by atoms with Crippen molar-refractivity contribution in [2.75, 3.05) is 0 Å². The van der Waals surface area contributed by atoms with Gasteiger partial charge >= 0.3 is 0 Å². The first-order chi connectivity index (χ1) is 8.15. The van der Waals surface area contributed by atoms with Gasteiger partial charge in [-0.15, -0.1) is 0 Å². The van der Waals surface area contributed by atoms with Crippen LogP contribution in [0.4, 0.5) is 0 Å². The molecule has 0 spiro atoms. The van der Waals surface area contributed by atoms with E-state index >= 15 is 0 Å². The highest BCUT2D eigenvalue weighted by Crippen LogP contribution is 2.18. The summed E-state index contributed by atoms with van der Waals surface area (Å²) in [5, 5.41) is 0. The van der Waals surface area contributed by atoms with Crippen LogP contribution in [0.15, 0.2) is 16.5 Å². The van der Waals surface area contributed by atoms with E-state index in [4.69, 9.17) is 4.42 Å². The van der Waals surface area contributed by atoms with Gasteiger partial charge in [0.15, 0.2) is 0 Å². The van der Waals surface area contributed by atoms with Gasteiger partial charge in [0.1, 0.15) is 11.5 Å². The molecule has 1 aromatic heterocycles. The van der Waals surface area contributed by atoms with Gasteiger partial charge in [0.05, 0.1) is 0 Å². The van der Waals surface area contributed by atoms with E-state index in [0.717, 1.165) is 24.7 Å². The molecule has 1 heteroatoms. The van der Waals surface area contributed by atoms with Crippen molar-refractivity contribution in [1.82, 2.24) is 0 Å². The third kappa shape index (κ3) is 5.43. The van der Waals surface area contributed by atoms with Crippen LogP contribution in [0, 0.1) is 11.8 Å². The summed E-state index contributed by atoms with van der Waals surface area (Å²) in [4.78, 5) is 0. The van der Waals surface area contributed by atoms with E-state index in [-0.39, 0.29) is 0 Å². The molecule has 0 N–H and O–H groups in total. The first-order valence-electron chi connectivity index (χ1n) is 7.23. The molecule has 1 aromatic rings. The predicted octanol–water partition coefficient (Wildman–Crippen LogP) is 5.24. The lowest BCUT2D eigenvalue weighted by molar-refractivity contribution is 0.413. The maximum Gasteiger partial charge on any atom is 0.104 e. The summed E-state index contributed by atoms with van der Waals surface area (Å²) in [6, 6.07) is 4.32. The Morgan fingerprint density at radius 2 is 1.29 bits per heavy atom. The van der Waals surface area contributed by atoms with Crippen LogP contribution < -0.4 is 0 Å². The summed E-state index contributed by atoms with van der Waals surface area (Å²) in [5.41, 5.74) is 0. The average molecular weight is 236 g/mol. The Bertz CT molecular complexity index is 272. The second kappa shape index (κ2) is 7.58. The molecule has 0 saturated carbocycles. The number of rotatable bonds is 8. The lowest BCUT2D eigenvalue weighted by Crippen LogP contribution is -1.95. The normalized spacial score (nSPS) is 14.8. The third-order valence-electron chi connectivity index (χ3n) is 3.88. The Kier molecular flexibility index (Phi) is 6.39. The summed E-state index contributed by atoms with van der Waals surface area (Å²) in [7, 11) is 0. The second-order valence-corrected chi connectivity index (χ2v) is 5.47. The zero-order valence-electron chi connectivity index (χ0n) is 12.0. The predicted molar refractivity (Wildman–Crippen MR) is 74.3 cm³/mol. The summed E-state index contributed by atoms with van der Waals surface area (Å²) in [6.07, 6.45) is 7.21. The molecule has 1 nitrogen and oxygen atoms in total. The minimum Gasteiger partial charge on any atom is -0.466 e. The zero-order chi connectivity index (χ0) is 12.7. The van der Waals surface area contributed by atoms with Gasteiger partial charge in [-0.05, 0) is 36.8 Å². The molecule has 0 aliphatic rings. The molecule has 0 saturated heterocycles. The molecule has 0 aliphatic carbocycles. The van der Waals surface area contributed by atoms with Crippen LogP contribution in [0.2, 0.25) is 0 Å². The molecule has 1 rings (SSSR count). The van der Waals surface area contributed by atoms with E-state index < -0.39 is 0 Å². The molecule has 0 bridgehead atoms. The van der Waals surface area contributed by atoms with Crippen molar-refractivity contribution in [2.24, 2.45) is 11.8 Å². The highest BCUT2D eigenvalue weighted by atomic mass is 16.3. The highest BCUT2D eigenvalue weighted by Gasteiger charge is 2.06. The van der Waals surface area contributed by atoms with E-state index in [9.17, 15) is 0 Å². The van der Waals surface area contributed by atoms with Gasteiger partial charge in [-0.3, -0.25) is 0 Å². The largest absolute Gasteiger partial charge is 0.466 e. The molecule has 2 atom stereocenters. The third-order valence-corrected chi connectivity index (χ3v) is 3.88. The molecule has 0 amide bonds. The molecule has 0 fully saturated rings. The molecule has 17 heavy (non-hydrogen) atoms. The maximum atomic E-state index is 5.87. The van der Waals surface area contributed by atoms with Crippen LogP contribution in [0.3, 0.4) is 0 Å². The van der Waals surface area contributed by atoms with Crippen LogP contribution in [-0.2, 0) is 12.8 Å². The number of hydrogen-bond acceptors (Lipinski definition) is 1. The van der Waals surface area contributed by atoms with Gasteiger partial charge in [-0.1, -0.05) is 40.5 Å². The molecule has 0 aromatic carbocycles. The van der Waals surface area contributed by atoms with Gasteiger partial charge in [0.25, 0.3) is 0 Å². The first-order valence-corrected chi connectivity index (χ1v) is 7.23. The number of hydrogen-bond donors (Lipinski definition) is 0. The molecule has 0 radical (unpaired) electrons. The molecule has 0 aliphatic heterocycles. The van der Waals surface area contributed by atoms with Gasteiger partial charge in [-0.2, -0.15) is 0 Å². The van der Waals surface area contributed by atoms with Crippen molar-refractivity contribution in [3.63, 3.8) is 0 Å². The Morgan fingerprint density at radius 3 is 1.65 bits per heavy atom. The fourth-order valence-electron chi connectivity index (χ4n) is 1.88. The van der Waals surface area contributed by atoms with E-state index in [1.165, 1.54) is 37.2 Å². The van der Waals surface area contributed by atoms with Crippen molar-refractivity contribution in [3.05, 3.63) is 23.7 Å². The standard InChI is InChI=1S/C16H28O/c1-5-13(3)7-9-15-11-12-16(17-15)10-8-14(4)6-2/h11-14H,5-10H2,1-4H3. The maximum absolute atomic E-state index is 5.87. The van der Waals surface area contributed by atoms with E-state index in [1.54, 1.807) is 0 Å². The molecular weight excluding hydrogens is 208 g/mol.